The lowest BCUT2D eigenvalue weighted by atomic mass is 9.94. The molecule has 1 aromatic heterocycles. The van der Waals surface area contributed by atoms with Gasteiger partial charge in [0, 0.05) is 26.7 Å². The molecule has 2 aliphatic rings. The van der Waals surface area contributed by atoms with Gasteiger partial charge in [0.1, 0.15) is 0 Å². The number of piperidine rings is 2. The van der Waals surface area contributed by atoms with Crippen molar-refractivity contribution >= 4 is 5.91 Å². The van der Waals surface area contributed by atoms with E-state index in [4.69, 9.17) is 0 Å². The molecule has 23 heavy (non-hydrogen) atoms. The van der Waals surface area contributed by atoms with Crippen molar-refractivity contribution in [3.8, 4) is 0 Å². The number of carbonyl (C=O) groups is 1. The molecule has 2 saturated heterocycles. The number of hydrogen-bond acceptors (Lipinski definition) is 4. The SMILES string of the molecule is CC1CCN(CC2CCCN(C(=O)Cc3cnnn3C)C2)CC1. The van der Waals surface area contributed by atoms with Crippen molar-refractivity contribution in [2.45, 2.75) is 39.0 Å². The first kappa shape index (κ1) is 16.4. The van der Waals surface area contributed by atoms with E-state index in [1.165, 1.54) is 32.4 Å². The van der Waals surface area contributed by atoms with Crippen molar-refractivity contribution in [1.82, 2.24) is 24.8 Å². The molecule has 0 radical (unpaired) electrons. The second-order valence-corrected chi connectivity index (χ2v) is 7.36. The average Bonchev–Trinajstić information content (AvgIpc) is 2.95. The zero-order valence-corrected chi connectivity index (χ0v) is 14.4. The fourth-order valence-electron chi connectivity index (χ4n) is 3.79. The van der Waals surface area contributed by atoms with Crippen LogP contribution < -0.4 is 0 Å². The average molecular weight is 319 g/mol. The molecule has 1 amide bonds. The molecule has 0 bridgehead atoms. The molecule has 2 fully saturated rings. The molecule has 6 nitrogen and oxygen atoms in total. The minimum atomic E-state index is 0.215. The Morgan fingerprint density at radius 3 is 2.74 bits per heavy atom. The summed E-state index contributed by atoms with van der Waals surface area (Å²) in [6.07, 6.45) is 7.13. The first-order valence-corrected chi connectivity index (χ1v) is 8.95. The third-order valence-electron chi connectivity index (χ3n) is 5.40. The molecular weight excluding hydrogens is 290 g/mol. The maximum absolute atomic E-state index is 12.5. The van der Waals surface area contributed by atoms with Gasteiger partial charge in [0.2, 0.25) is 5.91 Å². The summed E-state index contributed by atoms with van der Waals surface area (Å²) in [5, 5.41) is 7.76. The van der Waals surface area contributed by atoms with Gasteiger partial charge in [-0.25, -0.2) is 0 Å². The highest BCUT2D eigenvalue weighted by molar-refractivity contribution is 5.78. The summed E-state index contributed by atoms with van der Waals surface area (Å²) in [7, 11) is 1.84. The summed E-state index contributed by atoms with van der Waals surface area (Å²) in [6, 6.07) is 0. The molecule has 3 heterocycles. The molecular formula is C17H29N5O. The predicted molar refractivity (Wildman–Crippen MR) is 88.8 cm³/mol. The number of aromatic nitrogens is 3. The van der Waals surface area contributed by atoms with Crippen molar-refractivity contribution in [3.05, 3.63) is 11.9 Å². The van der Waals surface area contributed by atoms with E-state index in [-0.39, 0.29) is 5.91 Å². The van der Waals surface area contributed by atoms with Crippen LogP contribution in [0.25, 0.3) is 0 Å². The fourth-order valence-corrected chi connectivity index (χ4v) is 3.79. The highest BCUT2D eigenvalue weighted by Crippen LogP contribution is 2.22. The van der Waals surface area contributed by atoms with Crippen molar-refractivity contribution in [2.75, 3.05) is 32.7 Å². The molecule has 0 spiro atoms. The third kappa shape index (κ3) is 4.31. The van der Waals surface area contributed by atoms with Crippen molar-refractivity contribution < 1.29 is 4.79 Å². The van der Waals surface area contributed by atoms with Crippen LogP contribution in [0.15, 0.2) is 6.20 Å². The van der Waals surface area contributed by atoms with Crippen molar-refractivity contribution in [3.63, 3.8) is 0 Å². The number of rotatable bonds is 4. The number of nitrogens with zero attached hydrogens (tertiary/aromatic N) is 5. The maximum atomic E-state index is 12.5. The largest absolute Gasteiger partial charge is 0.342 e. The van der Waals surface area contributed by atoms with Gasteiger partial charge in [-0.05, 0) is 50.6 Å². The minimum Gasteiger partial charge on any atom is -0.342 e. The Morgan fingerprint density at radius 1 is 1.26 bits per heavy atom. The molecule has 0 aromatic carbocycles. The first-order valence-electron chi connectivity index (χ1n) is 8.95. The lowest BCUT2D eigenvalue weighted by Gasteiger charge is -2.37. The second kappa shape index (κ2) is 7.43. The third-order valence-corrected chi connectivity index (χ3v) is 5.40. The highest BCUT2D eigenvalue weighted by atomic mass is 16.2. The van der Waals surface area contributed by atoms with Crippen LogP contribution in [-0.2, 0) is 18.3 Å². The van der Waals surface area contributed by atoms with E-state index in [1.54, 1.807) is 10.9 Å². The molecule has 1 aromatic rings. The number of aryl methyl sites for hydroxylation is 1. The van der Waals surface area contributed by atoms with E-state index in [1.807, 2.05) is 11.9 Å². The Balaban J connectivity index is 1.49. The van der Waals surface area contributed by atoms with Gasteiger partial charge in [0.25, 0.3) is 0 Å². The Bertz CT molecular complexity index is 521. The van der Waals surface area contributed by atoms with Gasteiger partial charge in [-0.15, -0.1) is 5.10 Å². The molecule has 0 saturated carbocycles. The van der Waals surface area contributed by atoms with Crippen molar-refractivity contribution in [1.29, 1.82) is 0 Å². The van der Waals surface area contributed by atoms with E-state index in [0.29, 0.717) is 12.3 Å². The summed E-state index contributed by atoms with van der Waals surface area (Å²) in [6.45, 7) is 7.78. The highest BCUT2D eigenvalue weighted by Gasteiger charge is 2.26. The number of likely N-dealkylation sites (tertiary alicyclic amines) is 2. The first-order chi connectivity index (χ1) is 11.1. The Labute approximate surface area is 138 Å². The summed E-state index contributed by atoms with van der Waals surface area (Å²) in [5.74, 6) is 1.72. The Morgan fingerprint density at radius 2 is 2.04 bits per heavy atom. The van der Waals surface area contributed by atoms with Crippen LogP contribution in [0, 0.1) is 11.8 Å². The number of amides is 1. The van der Waals surface area contributed by atoms with Crippen molar-refractivity contribution in [2.24, 2.45) is 18.9 Å². The Kier molecular flexibility index (Phi) is 5.30. The van der Waals surface area contributed by atoms with Crippen LogP contribution in [0.4, 0.5) is 0 Å². The van der Waals surface area contributed by atoms with Crippen LogP contribution in [0.1, 0.15) is 38.3 Å². The second-order valence-electron chi connectivity index (χ2n) is 7.36. The summed E-state index contributed by atoms with van der Waals surface area (Å²) in [4.78, 5) is 17.2. The molecule has 2 aliphatic heterocycles. The van der Waals surface area contributed by atoms with Gasteiger partial charge in [-0.1, -0.05) is 12.1 Å². The van der Waals surface area contributed by atoms with E-state index in [0.717, 1.165) is 37.7 Å². The molecule has 0 N–H and O–H groups in total. The minimum absolute atomic E-state index is 0.215. The summed E-state index contributed by atoms with van der Waals surface area (Å²) < 4.78 is 1.69. The number of hydrogen-bond donors (Lipinski definition) is 0. The lowest BCUT2D eigenvalue weighted by Crippen LogP contribution is -2.45. The van der Waals surface area contributed by atoms with Crippen LogP contribution in [0.3, 0.4) is 0 Å². The van der Waals surface area contributed by atoms with Gasteiger partial charge in [-0.3, -0.25) is 9.48 Å². The summed E-state index contributed by atoms with van der Waals surface area (Å²) in [5.41, 5.74) is 0.891. The normalized spacial score (nSPS) is 24.1. The van der Waals surface area contributed by atoms with E-state index in [9.17, 15) is 4.79 Å². The van der Waals surface area contributed by atoms with Gasteiger partial charge in [-0.2, -0.15) is 0 Å². The molecule has 6 heteroatoms. The molecule has 3 rings (SSSR count). The number of carbonyl (C=O) groups excluding carboxylic acids is 1. The smallest absolute Gasteiger partial charge is 0.228 e. The molecule has 1 unspecified atom stereocenters. The maximum Gasteiger partial charge on any atom is 0.228 e. The zero-order valence-electron chi connectivity index (χ0n) is 14.4. The van der Waals surface area contributed by atoms with Gasteiger partial charge < -0.3 is 9.80 Å². The molecule has 1 atom stereocenters. The standard InChI is InChI=1S/C17H29N5O/c1-14-5-8-21(9-6-14)12-15-4-3-7-22(13-15)17(23)10-16-11-18-19-20(16)2/h11,14-15H,3-10,12-13H2,1-2H3. The topological polar surface area (TPSA) is 54.3 Å². The van der Waals surface area contributed by atoms with Gasteiger partial charge in [0.05, 0.1) is 18.3 Å². The summed E-state index contributed by atoms with van der Waals surface area (Å²) >= 11 is 0. The van der Waals surface area contributed by atoms with Gasteiger partial charge >= 0.3 is 0 Å². The van der Waals surface area contributed by atoms with Crippen LogP contribution in [-0.4, -0.2) is 63.4 Å². The quantitative estimate of drug-likeness (QED) is 0.840. The van der Waals surface area contributed by atoms with E-state index >= 15 is 0 Å². The monoisotopic (exact) mass is 319 g/mol. The fraction of sp³-hybridized carbons (Fsp3) is 0.824. The van der Waals surface area contributed by atoms with E-state index < -0.39 is 0 Å². The van der Waals surface area contributed by atoms with Crippen LogP contribution >= 0.6 is 0 Å². The van der Waals surface area contributed by atoms with Crippen LogP contribution in [0.5, 0.6) is 0 Å². The predicted octanol–water partition coefficient (Wildman–Crippen LogP) is 1.33. The van der Waals surface area contributed by atoms with Crippen LogP contribution in [0.2, 0.25) is 0 Å². The Hall–Kier alpha value is -1.43. The molecule has 0 aliphatic carbocycles. The van der Waals surface area contributed by atoms with E-state index in [2.05, 4.69) is 22.1 Å². The molecule has 128 valence electrons. The lowest BCUT2D eigenvalue weighted by molar-refractivity contribution is -0.132. The zero-order chi connectivity index (χ0) is 16.2. The van der Waals surface area contributed by atoms with Gasteiger partial charge in [0.15, 0.2) is 0 Å².